The molecule has 0 aliphatic heterocycles. The number of aromatic nitrogens is 1. The highest BCUT2D eigenvalue weighted by molar-refractivity contribution is 6.13. The summed E-state index contributed by atoms with van der Waals surface area (Å²) >= 11 is 0. The fraction of sp³-hybridized carbons (Fsp3) is 0.0741. The van der Waals surface area contributed by atoms with Crippen LogP contribution in [0.3, 0.4) is 0 Å². The summed E-state index contributed by atoms with van der Waals surface area (Å²) in [6.45, 7) is 4.80. The van der Waals surface area contributed by atoms with Crippen LogP contribution in [0.2, 0.25) is 0 Å². The monoisotopic (exact) mass is 730 g/mol. The van der Waals surface area contributed by atoms with E-state index in [2.05, 4.69) is 200 Å². The molecular formula is C54H38N2O. The number of nitrogens with zero attached hydrogens (tertiary/aromatic N) is 2. The second-order valence-electron chi connectivity index (χ2n) is 16.2. The number of aryl methyl sites for hydroxylation is 1. The third kappa shape index (κ3) is 4.54. The zero-order valence-electron chi connectivity index (χ0n) is 32.0. The van der Waals surface area contributed by atoms with E-state index in [9.17, 15) is 0 Å². The van der Waals surface area contributed by atoms with E-state index in [1.165, 1.54) is 76.7 Å². The Balaban J connectivity index is 1.11. The molecule has 12 rings (SSSR count). The highest BCUT2D eigenvalue weighted by Crippen LogP contribution is 2.55. The summed E-state index contributed by atoms with van der Waals surface area (Å²) < 4.78 is 8.85. The van der Waals surface area contributed by atoms with Crippen LogP contribution >= 0.6 is 0 Å². The molecule has 270 valence electrons. The topological polar surface area (TPSA) is 21.3 Å². The van der Waals surface area contributed by atoms with Crippen LogP contribution < -0.4 is 4.90 Å². The van der Waals surface area contributed by atoms with Crippen LogP contribution in [0, 0.1) is 0 Å². The van der Waals surface area contributed by atoms with Crippen LogP contribution in [0.15, 0.2) is 180 Å². The standard InChI is InChI=1S/C54H38N2O/c1-54(2)46-29-34(38-20-12-14-33-13-4-5-15-37(33)38)23-26-45(46)53-44-19-7-6-17-40(44)50(32-47(53)54)56(36-25-28-43-42-18-9-11-22-51(42)57-52(43)31-36)35-24-27-41-39-16-8-10-21-48(39)55(3)49(41)30-35/h4-32H,1-3H3. The lowest BCUT2D eigenvalue weighted by Crippen LogP contribution is -2.17. The Morgan fingerprint density at radius 1 is 0.456 bits per heavy atom. The molecule has 3 nitrogen and oxygen atoms in total. The van der Waals surface area contributed by atoms with Gasteiger partial charge in [-0.15, -0.1) is 0 Å². The van der Waals surface area contributed by atoms with E-state index < -0.39 is 0 Å². The fourth-order valence-electron chi connectivity index (χ4n) is 9.96. The minimum absolute atomic E-state index is 0.252. The van der Waals surface area contributed by atoms with Gasteiger partial charge >= 0.3 is 0 Å². The molecule has 0 spiro atoms. The van der Waals surface area contributed by atoms with E-state index in [0.29, 0.717) is 0 Å². The predicted molar refractivity (Wildman–Crippen MR) is 240 cm³/mol. The zero-order chi connectivity index (χ0) is 38.0. The van der Waals surface area contributed by atoms with Crippen molar-refractivity contribution in [2.45, 2.75) is 19.3 Å². The van der Waals surface area contributed by atoms with Gasteiger partial charge in [-0.05, 0) is 98.1 Å². The van der Waals surface area contributed by atoms with Crippen LogP contribution in [-0.4, -0.2) is 4.57 Å². The van der Waals surface area contributed by atoms with E-state index in [0.717, 1.165) is 39.0 Å². The first-order valence-corrected chi connectivity index (χ1v) is 19.8. The van der Waals surface area contributed by atoms with Crippen molar-refractivity contribution in [3.05, 3.63) is 187 Å². The van der Waals surface area contributed by atoms with Gasteiger partial charge < -0.3 is 13.9 Å². The van der Waals surface area contributed by atoms with Crippen LogP contribution in [0.1, 0.15) is 25.0 Å². The second kappa shape index (κ2) is 11.7. The molecular weight excluding hydrogens is 693 g/mol. The normalized spacial score (nSPS) is 13.3. The van der Waals surface area contributed by atoms with Gasteiger partial charge in [-0.25, -0.2) is 0 Å². The summed E-state index contributed by atoms with van der Waals surface area (Å²) in [5.41, 5.74) is 15.1. The molecule has 57 heavy (non-hydrogen) atoms. The average molecular weight is 731 g/mol. The molecule has 9 aromatic carbocycles. The third-order valence-electron chi connectivity index (χ3n) is 12.8. The summed E-state index contributed by atoms with van der Waals surface area (Å²) in [4.78, 5) is 2.45. The molecule has 0 saturated heterocycles. The molecule has 11 aromatic rings. The first kappa shape index (κ1) is 32.2. The second-order valence-corrected chi connectivity index (χ2v) is 16.2. The van der Waals surface area contributed by atoms with Crippen LogP contribution in [0.5, 0.6) is 0 Å². The van der Waals surface area contributed by atoms with Gasteiger partial charge in [-0.1, -0.05) is 135 Å². The summed E-state index contributed by atoms with van der Waals surface area (Å²) in [6, 6.07) is 64.6. The highest BCUT2D eigenvalue weighted by Gasteiger charge is 2.38. The molecule has 2 aromatic heterocycles. The molecule has 3 heteroatoms. The number of rotatable bonds is 4. The summed E-state index contributed by atoms with van der Waals surface area (Å²) in [5, 5.41) is 9.78. The maximum Gasteiger partial charge on any atom is 0.137 e. The minimum Gasteiger partial charge on any atom is -0.456 e. The molecule has 1 aliphatic rings. The third-order valence-corrected chi connectivity index (χ3v) is 12.8. The number of anilines is 3. The maximum absolute atomic E-state index is 6.52. The Hall–Kier alpha value is -7.10. The first-order chi connectivity index (χ1) is 27.9. The van der Waals surface area contributed by atoms with Crippen LogP contribution in [0.4, 0.5) is 17.1 Å². The van der Waals surface area contributed by atoms with E-state index in [4.69, 9.17) is 4.42 Å². The number of hydrogen-bond acceptors (Lipinski definition) is 2. The molecule has 0 fully saturated rings. The predicted octanol–water partition coefficient (Wildman–Crippen LogP) is 15.0. The van der Waals surface area contributed by atoms with Gasteiger partial charge in [-0.2, -0.15) is 0 Å². The van der Waals surface area contributed by atoms with Crippen molar-refractivity contribution < 1.29 is 4.42 Å². The molecule has 0 atom stereocenters. The lowest BCUT2D eigenvalue weighted by molar-refractivity contribution is 0.661. The molecule has 0 amide bonds. The maximum atomic E-state index is 6.52. The average Bonchev–Trinajstić information content (AvgIpc) is 3.85. The Labute approximate surface area is 330 Å². The summed E-state index contributed by atoms with van der Waals surface area (Å²) in [5.74, 6) is 0. The van der Waals surface area contributed by atoms with E-state index >= 15 is 0 Å². The van der Waals surface area contributed by atoms with E-state index in [-0.39, 0.29) is 5.41 Å². The molecule has 2 heterocycles. The number of furan rings is 1. The van der Waals surface area contributed by atoms with Gasteiger partial charge in [0.2, 0.25) is 0 Å². The van der Waals surface area contributed by atoms with Gasteiger partial charge in [0.25, 0.3) is 0 Å². The Morgan fingerprint density at radius 3 is 1.96 bits per heavy atom. The SMILES string of the molecule is Cn1c2ccccc2c2ccc(N(c3ccc4c(c3)oc3ccccc34)c3cc4c(c5ccccc35)-c3ccc(-c5cccc6ccccc56)cc3C4(C)C)cc21. The van der Waals surface area contributed by atoms with Crippen molar-refractivity contribution in [3.8, 4) is 22.3 Å². The van der Waals surface area contributed by atoms with Crippen molar-refractivity contribution in [1.82, 2.24) is 4.57 Å². The van der Waals surface area contributed by atoms with Gasteiger partial charge in [-0.3, -0.25) is 0 Å². The molecule has 0 N–H and O–H groups in total. The van der Waals surface area contributed by atoms with Crippen molar-refractivity contribution >= 4 is 82.4 Å². The first-order valence-electron chi connectivity index (χ1n) is 19.8. The Kier molecular flexibility index (Phi) is 6.61. The lowest BCUT2D eigenvalue weighted by Gasteiger charge is -2.30. The van der Waals surface area contributed by atoms with Crippen molar-refractivity contribution in [1.29, 1.82) is 0 Å². The van der Waals surface area contributed by atoms with Gasteiger partial charge in [0.05, 0.1) is 11.2 Å². The fourth-order valence-corrected chi connectivity index (χ4v) is 9.96. The lowest BCUT2D eigenvalue weighted by atomic mass is 9.80. The van der Waals surface area contributed by atoms with Gasteiger partial charge in [0.1, 0.15) is 11.2 Å². The molecule has 0 radical (unpaired) electrons. The highest BCUT2D eigenvalue weighted by atomic mass is 16.3. The largest absolute Gasteiger partial charge is 0.456 e. The number of fused-ring (bicyclic) bond motifs is 12. The van der Waals surface area contributed by atoms with Crippen LogP contribution in [0.25, 0.3) is 87.5 Å². The zero-order valence-corrected chi connectivity index (χ0v) is 32.0. The molecule has 1 aliphatic carbocycles. The summed E-state index contributed by atoms with van der Waals surface area (Å²) in [6.07, 6.45) is 0. The number of benzene rings is 9. The van der Waals surface area contributed by atoms with Gasteiger partial charge in [0, 0.05) is 62.4 Å². The smallest absolute Gasteiger partial charge is 0.137 e. The van der Waals surface area contributed by atoms with Crippen molar-refractivity contribution in [3.63, 3.8) is 0 Å². The van der Waals surface area contributed by atoms with E-state index in [1.807, 2.05) is 6.07 Å². The quantitative estimate of drug-likeness (QED) is 0.180. The van der Waals surface area contributed by atoms with Crippen molar-refractivity contribution in [2.75, 3.05) is 4.90 Å². The van der Waals surface area contributed by atoms with Crippen molar-refractivity contribution in [2.24, 2.45) is 7.05 Å². The van der Waals surface area contributed by atoms with Gasteiger partial charge in [0.15, 0.2) is 0 Å². The van der Waals surface area contributed by atoms with Crippen LogP contribution in [-0.2, 0) is 12.5 Å². The molecule has 0 bridgehead atoms. The Morgan fingerprint density at radius 2 is 1.11 bits per heavy atom. The Bertz CT molecular complexity index is 3470. The summed E-state index contributed by atoms with van der Waals surface area (Å²) in [7, 11) is 2.18. The number of para-hydroxylation sites is 2. The molecule has 0 unspecified atom stereocenters. The minimum atomic E-state index is -0.252. The molecule has 0 saturated carbocycles. The number of hydrogen-bond donors (Lipinski definition) is 0. The van der Waals surface area contributed by atoms with E-state index in [1.54, 1.807) is 0 Å².